The molecule has 2 amide bonds. The summed E-state index contributed by atoms with van der Waals surface area (Å²) in [7, 11) is 1.75. The Labute approximate surface area is 160 Å². The Kier molecular flexibility index (Phi) is 4.94. The molecule has 1 atom stereocenters. The second kappa shape index (κ2) is 7.52. The number of rotatable bonds is 3. The van der Waals surface area contributed by atoms with Crippen molar-refractivity contribution in [3.8, 4) is 5.75 Å². The fraction of sp³-hybridized carbons (Fsp3) is 0.300. The summed E-state index contributed by atoms with van der Waals surface area (Å²) in [5.41, 5.74) is 1.76. The van der Waals surface area contributed by atoms with Crippen molar-refractivity contribution in [2.45, 2.75) is 25.4 Å². The molecule has 7 heteroatoms. The van der Waals surface area contributed by atoms with Crippen LogP contribution in [-0.4, -0.2) is 29.6 Å². The maximum atomic E-state index is 13.5. The SMILES string of the molecule is CN(Cc1nc2ccccc2s1)C(=O)NC1CCCOc2cc(F)ccc21. The van der Waals surface area contributed by atoms with Crippen molar-refractivity contribution >= 4 is 27.6 Å². The van der Waals surface area contributed by atoms with Gasteiger partial charge in [-0.15, -0.1) is 11.3 Å². The van der Waals surface area contributed by atoms with E-state index in [1.54, 1.807) is 29.4 Å². The number of carbonyl (C=O) groups excluding carboxylic acids is 1. The number of halogens is 1. The molecule has 0 aliphatic carbocycles. The first-order chi connectivity index (χ1) is 13.1. The number of amides is 2. The van der Waals surface area contributed by atoms with E-state index < -0.39 is 0 Å². The maximum Gasteiger partial charge on any atom is 0.318 e. The summed E-state index contributed by atoms with van der Waals surface area (Å²) in [6.07, 6.45) is 1.54. The van der Waals surface area contributed by atoms with Gasteiger partial charge in [0.25, 0.3) is 0 Å². The van der Waals surface area contributed by atoms with Gasteiger partial charge < -0.3 is 15.0 Å². The fourth-order valence-corrected chi connectivity index (χ4v) is 4.24. The number of nitrogens with one attached hydrogen (secondary N) is 1. The van der Waals surface area contributed by atoms with Gasteiger partial charge >= 0.3 is 6.03 Å². The van der Waals surface area contributed by atoms with Gasteiger partial charge in [-0.2, -0.15) is 0 Å². The van der Waals surface area contributed by atoms with Crippen molar-refractivity contribution in [3.05, 3.63) is 58.9 Å². The number of para-hydroxylation sites is 1. The molecule has 1 N–H and O–H groups in total. The molecular weight excluding hydrogens is 365 g/mol. The van der Waals surface area contributed by atoms with Crippen LogP contribution in [0.5, 0.6) is 5.75 Å². The first kappa shape index (κ1) is 17.7. The van der Waals surface area contributed by atoms with Crippen LogP contribution in [0.25, 0.3) is 10.2 Å². The predicted molar refractivity (Wildman–Crippen MR) is 103 cm³/mol. The molecule has 140 valence electrons. The smallest absolute Gasteiger partial charge is 0.318 e. The number of nitrogens with zero attached hydrogens (tertiary/aromatic N) is 2. The van der Waals surface area contributed by atoms with Gasteiger partial charge in [-0.05, 0) is 31.0 Å². The molecular formula is C20H20FN3O2S. The van der Waals surface area contributed by atoms with Crippen LogP contribution in [0, 0.1) is 5.82 Å². The maximum absolute atomic E-state index is 13.5. The van der Waals surface area contributed by atoms with E-state index >= 15 is 0 Å². The molecule has 5 nitrogen and oxygen atoms in total. The normalized spacial score (nSPS) is 16.3. The van der Waals surface area contributed by atoms with Crippen molar-refractivity contribution in [1.29, 1.82) is 0 Å². The van der Waals surface area contributed by atoms with E-state index in [2.05, 4.69) is 10.3 Å². The number of fused-ring (bicyclic) bond motifs is 2. The van der Waals surface area contributed by atoms with Gasteiger partial charge in [-0.25, -0.2) is 14.2 Å². The molecule has 1 aliphatic rings. The standard InChI is InChI=1S/C20H20FN3O2S/c1-24(12-19-22-16-5-2-3-7-18(16)27-19)20(25)23-15-6-4-10-26-17-11-13(21)8-9-14(15)17/h2-3,5,7-9,11,15H,4,6,10,12H2,1H3,(H,23,25). The third kappa shape index (κ3) is 3.88. The second-order valence-corrected chi connectivity index (χ2v) is 7.72. The number of thiazole rings is 1. The average molecular weight is 385 g/mol. The van der Waals surface area contributed by atoms with Crippen LogP contribution < -0.4 is 10.1 Å². The van der Waals surface area contributed by atoms with E-state index in [4.69, 9.17) is 4.74 Å². The highest BCUT2D eigenvalue weighted by Crippen LogP contribution is 2.32. The molecule has 2 heterocycles. The van der Waals surface area contributed by atoms with Crippen LogP contribution in [0.1, 0.15) is 29.5 Å². The zero-order chi connectivity index (χ0) is 18.8. The monoisotopic (exact) mass is 385 g/mol. The minimum atomic E-state index is -0.339. The number of aromatic nitrogens is 1. The summed E-state index contributed by atoms with van der Waals surface area (Å²) in [5.74, 6) is 0.167. The first-order valence-corrected chi connectivity index (χ1v) is 9.70. The molecule has 0 saturated carbocycles. The summed E-state index contributed by atoms with van der Waals surface area (Å²) < 4.78 is 20.2. The van der Waals surface area contributed by atoms with Crippen LogP contribution in [0.15, 0.2) is 42.5 Å². The largest absolute Gasteiger partial charge is 0.493 e. The molecule has 0 bridgehead atoms. The topological polar surface area (TPSA) is 54.5 Å². The van der Waals surface area contributed by atoms with Gasteiger partial charge in [0.2, 0.25) is 0 Å². The Balaban J connectivity index is 1.46. The van der Waals surface area contributed by atoms with Gasteiger partial charge in [-0.1, -0.05) is 18.2 Å². The zero-order valence-corrected chi connectivity index (χ0v) is 15.8. The molecule has 2 aromatic carbocycles. The lowest BCUT2D eigenvalue weighted by atomic mass is 10.0. The zero-order valence-electron chi connectivity index (χ0n) is 14.9. The number of ether oxygens (including phenoxy) is 1. The van der Waals surface area contributed by atoms with Crippen molar-refractivity contribution in [2.24, 2.45) is 0 Å². The summed E-state index contributed by atoms with van der Waals surface area (Å²) in [6.45, 7) is 0.953. The number of benzene rings is 2. The molecule has 1 aromatic heterocycles. The van der Waals surface area contributed by atoms with Crippen molar-refractivity contribution < 1.29 is 13.9 Å². The number of hydrogen-bond donors (Lipinski definition) is 1. The predicted octanol–water partition coefficient (Wildman–Crippen LogP) is 4.49. The Morgan fingerprint density at radius 1 is 1.37 bits per heavy atom. The third-order valence-electron chi connectivity index (χ3n) is 4.60. The lowest BCUT2D eigenvalue weighted by Crippen LogP contribution is -2.39. The lowest BCUT2D eigenvalue weighted by Gasteiger charge is -2.23. The summed E-state index contributed by atoms with van der Waals surface area (Å²) in [4.78, 5) is 18.9. The van der Waals surface area contributed by atoms with Crippen LogP contribution in [0.2, 0.25) is 0 Å². The van der Waals surface area contributed by atoms with E-state index in [9.17, 15) is 9.18 Å². The molecule has 0 spiro atoms. The number of carbonyl (C=O) groups is 1. The molecule has 3 aromatic rings. The quantitative estimate of drug-likeness (QED) is 0.723. The van der Waals surface area contributed by atoms with Crippen molar-refractivity contribution in [1.82, 2.24) is 15.2 Å². The number of hydrogen-bond acceptors (Lipinski definition) is 4. The third-order valence-corrected chi connectivity index (χ3v) is 5.62. The van der Waals surface area contributed by atoms with Crippen molar-refractivity contribution in [3.63, 3.8) is 0 Å². The Morgan fingerprint density at radius 2 is 2.22 bits per heavy atom. The fourth-order valence-electron chi connectivity index (χ4n) is 3.22. The average Bonchev–Trinajstić information content (AvgIpc) is 2.96. The van der Waals surface area contributed by atoms with Crippen LogP contribution in [0.4, 0.5) is 9.18 Å². The first-order valence-electron chi connectivity index (χ1n) is 8.88. The summed E-state index contributed by atoms with van der Waals surface area (Å²) in [6, 6.07) is 12.0. The Bertz CT molecular complexity index is 942. The van der Waals surface area contributed by atoms with Gasteiger partial charge in [-0.3, -0.25) is 0 Å². The van der Waals surface area contributed by atoms with Crippen LogP contribution >= 0.6 is 11.3 Å². The van der Waals surface area contributed by atoms with E-state index in [1.807, 2.05) is 24.3 Å². The van der Waals surface area contributed by atoms with E-state index in [-0.39, 0.29) is 17.9 Å². The second-order valence-electron chi connectivity index (χ2n) is 6.61. The highest BCUT2D eigenvalue weighted by molar-refractivity contribution is 7.18. The van der Waals surface area contributed by atoms with E-state index in [0.29, 0.717) is 18.9 Å². The Morgan fingerprint density at radius 3 is 3.07 bits per heavy atom. The Hall–Kier alpha value is -2.67. The molecule has 0 radical (unpaired) electrons. The van der Waals surface area contributed by atoms with E-state index in [0.717, 1.165) is 33.6 Å². The molecule has 0 fully saturated rings. The highest BCUT2D eigenvalue weighted by Gasteiger charge is 2.23. The minimum Gasteiger partial charge on any atom is -0.493 e. The van der Waals surface area contributed by atoms with Gasteiger partial charge in [0, 0.05) is 18.7 Å². The lowest BCUT2D eigenvalue weighted by molar-refractivity contribution is 0.202. The summed E-state index contributed by atoms with van der Waals surface area (Å²) in [5, 5.41) is 3.94. The van der Waals surface area contributed by atoms with Gasteiger partial charge in [0.1, 0.15) is 16.6 Å². The molecule has 0 saturated heterocycles. The van der Waals surface area contributed by atoms with Crippen molar-refractivity contribution in [2.75, 3.05) is 13.7 Å². The molecule has 1 aliphatic heterocycles. The van der Waals surface area contributed by atoms with Crippen LogP contribution in [-0.2, 0) is 6.54 Å². The van der Waals surface area contributed by atoms with Crippen LogP contribution in [0.3, 0.4) is 0 Å². The van der Waals surface area contributed by atoms with E-state index in [1.165, 1.54) is 12.1 Å². The number of urea groups is 1. The minimum absolute atomic E-state index is 0.184. The summed E-state index contributed by atoms with van der Waals surface area (Å²) >= 11 is 1.59. The highest BCUT2D eigenvalue weighted by atomic mass is 32.1. The van der Waals surface area contributed by atoms with Gasteiger partial charge in [0.15, 0.2) is 0 Å². The molecule has 27 heavy (non-hydrogen) atoms. The van der Waals surface area contributed by atoms with Gasteiger partial charge in [0.05, 0.1) is 29.4 Å². The molecule has 1 unspecified atom stereocenters. The molecule has 4 rings (SSSR count).